The number of carbonyl (C=O) groups is 2. The molecule has 31 heavy (non-hydrogen) atoms. The Hall–Kier alpha value is -3.60. The highest BCUT2D eigenvalue weighted by Crippen LogP contribution is 2.27. The van der Waals surface area contributed by atoms with Gasteiger partial charge in [-0.05, 0) is 54.7 Å². The molecule has 0 atom stereocenters. The lowest BCUT2D eigenvalue weighted by Crippen LogP contribution is -2.30. The van der Waals surface area contributed by atoms with Gasteiger partial charge in [-0.2, -0.15) is 0 Å². The molecule has 5 nitrogen and oxygen atoms in total. The number of urea groups is 1. The summed E-state index contributed by atoms with van der Waals surface area (Å²) < 4.78 is 0. The highest BCUT2D eigenvalue weighted by Gasteiger charge is 2.23. The molecule has 3 aromatic carbocycles. The summed E-state index contributed by atoms with van der Waals surface area (Å²) in [6.07, 6.45) is 2.91. The summed E-state index contributed by atoms with van der Waals surface area (Å²) in [6, 6.07) is 27.7. The second kappa shape index (κ2) is 9.94. The van der Waals surface area contributed by atoms with Gasteiger partial charge >= 0.3 is 6.03 Å². The van der Waals surface area contributed by atoms with E-state index in [1.165, 1.54) is 11.1 Å². The minimum Gasteiger partial charge on any atom is -0.349 e. The van der Waals surface area contributed by atoms with E-state index in [0.29, 0.717) is 23.8 Å². The van der Waals surface area contributed by atoms with E-state index in [1.807, 2.05) is 36.4 Å². The minimum absolute atomic E-state index is 0.0635. The van der Waals surface area contributed by atoms with Crippen LogP contribution in [0.3, 0.4) is 0 Å². The molecule has 0 spiro atoms. The molecule has 1 fully saturated rings. The Labute approximate surface area is 182 Å². The fourth-order valence-electron chi connectivity index (χ4n) is 3.60. The average Bonchev–Trinajstić information content (AvgIpc) is 3.62. The van der Waals surface area contributed by atoms with Crippen molar-refractivity contribution >= 4 is 17.6 Å². The number of rotatable bonds is 8. The zero-order chi connectivity index (χ0) is 21.5. The van der Waals surface area contributed by atoms with Gasteiger partial charge in [0.15, 0.2) is 0 Å². The van der Waals surface area contributed by atoms with E-state index < -0.39 is 0 Å². The Morgan fingerprint density at radius 2 is 1.39 bits per heavy atom. The van der Waals surface area contributed by atoms with E-state index in [9.17, 15) is 9.59 Å². The Balaban J connectivity index is 1.30. The van der Waals surface area contributed by atoms with Gasteiger partial charge in [0, 0.05) is 29.8 Å². The lowest BCUT2D eigenvalue weighted by Gasteiger charge is -2.18. The third-order valence-electron chi connectivity index (χ3n) is 5.44. The molecule has 3 N–H and O–H groups in total. The van der Waals surface area contributed by atoms with Gasteiger partial charge in [-0.3, -0.25) is 4.79 Å². The molecule has 0 saturated heterocycles. The van der Waals surface area contributed by atoms with Crippen LogP contribution in [0.25, 0.3) is 0 Å². The van der Waals surface area contributed by atoms with Gasteiger partial charge in [0.2, 0.25) is 0 Å². The van der Waals surface area contributed by atoms with E-state index in [1.54, 1.807) is 24.3 Å². The molecule has 0 heterocycles. The first-order valence-electron chi connectivity index (χ1n) is 10.7. The predicted molar refractivity (Wildman–Crippen MR) is 123 cm³/mol. The maximum Gasteiger partial charge on any atom is 0.319 e. The van der Waals surface area contributed by atoms with Crippen molar-refractivity contribution in [3.05, 3.63) is 102 Å². The maximum absolute atomic E-state index is 12.3. The van der Waals surface area contributed by atoms with Gasteiger partial charge in [0.1, 0.15) is 0 Å². The van der Waals surface area contributed by atoms with E-state index >= 15 is 0 Å². The van der Waals surface area contributed by atoms with E-state index in [-0.39, 0.29) is 17.9 Å². The minimum atomic E-state index is -0.255. The largest absolute Gasteiger partial charge is 0.349 e. The van der Waals surface area contributed by atoms with Crippen molar-refractivity contribution in [3.63, 3.8) is 0 Å². The van der Waals surface area contributed by atoms with Crippen LogP contribution in [-0.2, 0) is 0 Å². The molecule has 0 bridgehead atoms. The second-order valence-electron chi connectivity index (χ2n) is 7.87. The number of hydrogen-bond acceptors (Lipinski definition) is 2. The number of anilines is 1. The molecule has 0 unspecified atom stereocenters. The van der Waals surface area contributed by atoms with Crippen molar-refractivity contribution < 1.29 is 9.59 Å². The molecule has 3 amide bonds. The molecule has 1 aliphatic rings. The van der Waals surface area contributed by atoms with Crippen molar-refractivity contribution in [3.8, 4) is 0 Å². The number of hydrogen-bond donors (Lipinski definition) is 3. The van der Waals surface area contributed by atoms with Crippen LogP contribution in [0.5, 0.6) is 0 Å². The molecule has 158 valence electrons. The van der Waals surface area contributed by atoms with Crippen LogP contribution in [0.2, 0.25) is 0 Å². The Bertz CT molecular complexity index is 960. The predicted octanol–water partition coefficient (Wildman–Crippen LogP) is 4.92. The van der Waals surface area contributed by atoms with Crippen molar-refractivity contribution in [2.75, 3.05) is 11.9 Å². The van der Waals surface area contributed by atoms with Crippen LogP contribution in [0, 0.1) is 0 Å². The zero-order valence-electron chi connectivity index (χ0n) is 17.4. The summed E-state index contributed by atoms with van der Waals surface area (Å²) in [7, 11) is 0. The Kier molecular flexibility index (Phi) is 6.62. The molecule has 5 heteroatoms. The lowest BCUT2D eigenvalue weighted by atomic mass is 9.88. The van der Waals surface area contributed by atoms with Crippen LogP contribution in [0.15, 0.2) is 84.9 Å². The third kappa shape index (κ3) is 5.95. The average molecular weight is 414 g/mol. The molecule has 0 radical (unpaired) electrons. The molecule has 4 rings (SSSR count). The first-order chi connectivity index (χ1) is 15.2. The van der Waals surface area contributed by atoms with Crippen LogP contribution >= 0.6 is 0 Å². The van der Waals surface area contributed by atoms with Crippen LogP contribution in [0.4, 0.5) is 10.5 Å². The molecular formula is C26H27N3O2. The van der Waals surface area contributed by atoms with Crippen LogP contribution < -0.4 is 16.0 Å². The van der Waals surface area contributed by atoms with E-state index in [0.717, 1.165) is 19.3 Å². The summed E-state index contributed by atoms with van der Waals surface area (Å²) in [4.78, 5) is 24.4. The number of benzene rings is 3. The highest BCUT2D eigenvalue weighted by molar-refractivity contribution is 5.95. The third-order valence-corrected chi connectivity index (χ3v) is 5.44. The van der Waals surface area contributed by atoms with Crippen molar-refractivity contribution in [2.24, 2.45) is 0 Å². The normalized spacial score (nSPS) is 12.9. The molecule has 1 saturated carbocycles. The molecular weight excluding hydrogens is 386 g/mol. The molecule has 3 aromatic rings. The summed E-state index contributed by atoms with van der Waals surface area (Å²) in [5.41, 5.74) is 3.72. The summed E-state index contributed by atoms with van der Waals surface area (Å²) >= 11 is 0. The smallest absolute Gasteiger partial charge is 0.319 e. The molecule has 0 aliphatic heterocycles. The highest BCUT2D eigenvalue weighted by atomic mass is 16.2. The summed E-state index contributed by atoms with van der Waals surface area (Å²) in [5, 5.41) is 8.73. The number of nitrogens with one attached hydrogen (secondary N) is 3. The summed E-state index contributed by atoms with van der Waals surface area (Å²) in [6.45, 7) is 0.544. The monoisotopic (exact) mass is 413 g/mol. The van der Waals surface area contributed by atoms with Gasteiger partial charge in [0.05, 0.1) is 0 Å². The van der Waals surface area contributed by atoms with Crippen molar-refractivity contribution in [1.29, 1.82) is 0 Å². The van der Waals surface area contributed by atoms with Crippen molar-refractivity contribution in [2.45, 2.75) is 31.2 Å². The second-order valence-corrected chi connectivity index (χ2v) is 7.87. The first-order valence-corrected chi connectivity index (χ1v) is 10.7. The van der Waals surface area contributed by atoms with Crippen LogP contribution in [-0.4, -0.2) is 24.5 Å². The SMILES string of the molecule is O=C(NCCC(c1ccccc1)c1ccccc1)Nc1ccc(C(=O)NC2CC2)cc1. The lowest BCUT2D eigenvalue weighted by molar-refractivity contribution is 0.0951. The maximum atomic E-state index is 12.3. The van der Waals surface area contributed by atoms with E-state index in [4.69, 9.17) is 0 Å². The first kappa shape index (κ1) is 20.7. The standard InChI is InChI=1S/C26H27N3O2/c30-25(28-22-15-16-22)21-11-13-23(14-12-21)29-26(31)27-18-17-24(19-7-3-1-4-8-19)20-9-5-2-6-10-20/h1-14,22,24H,15-18H2,(H,28,30)(H2,27,29,31). The Morgan fingerprint density at radius 3 is 1.94 bits per heavy atom. The topological polar surface area (TPSA) is 70.2 Å². The van der Waals surface area contributed by atoms with Gasteiger partial charge in [-0.25, -0.2) is 4.79 Å². The number of amides is 3. The number of carbonyl (C=O) groups excluding carboxylic acids is 2. The van der Waals surface area contributed by atoms with Gasteiger partial charge in [-0.1, -0.05) is 60.7 Å². The zero-order valence-corrected chi connectivity index (χ0v) is 17.4. The quantitative estimate of drug-likeness (QED) is 0.490. The van der Waals surface area contributed by atoms with Gasteiger partial charge < -0.3 is 16.0 Å². The van der Waals surface area contributed by atoms with Crippen LogP contribution in [0.1, 0.15) is 46.7 Å². The van der Waals surface area contributed by atoms with Crippen molar-refractivity contribution in [1.82, 2.24) is 10.6 Å². The Morgan fingerprint density at radius 1 is 0.806 bits per heavy atom. The fourth-order valence-corrected chi connectivity index (χ4v) is 3.60. The van der Waals surface area contributed by atoms with E-state index in [2.05, 4.69) is 40.2 Å². The summed E-state index contributed by atoms with van der Waals surface area (Å²) in [5.74, 6) is 0.151. The fraction of sp³-hybridized carbons (Fsp3) is 0.231. The van der Waals surface area contributed by atoms with Gasteiger partial charge in [0.25, 0.3) is 5.91 Å². The molecule has 0 aromatic heterocycles. The molecule has 1 aliphatic carbocycles. The van der Waals surface area contributed by atoms with Gasteiger partial charge in [-0.15, -0.1) is 0 Å².